The monoisotopic (exact) mass is 281 g/mol. The third-order valence-corrected chi connectivity index (χ3v) is 2.95. The van der Waals surface area contributed by atoms with Crippen LogP contribution in [0.25, 0.3) is 0 Å². The highest BCUT2D eigenvalue weighted by Crippen LogP contribution is 2.16. The summed E-state index contributed by atoms with van der Waals surface area (Å²) < 4.78 is 0. The molecule has 2 N–H and O–H groups in total. The number of carbonyl (C=O) groups excluding carboxylic acids is 3. The molecule has 0 spiro atoms. The second-order valence-electron chi connectivity index (χ2n) is 3.98. The van der Waals surface area contributed by atoms with E-state index in [2.05, 4.69) is 10.6 Å². The molecule has 0 aliphatic carbocycles. The molecule has 1 aliphatic heterocycles. The van der Waals surface area contributed by atoms with E-state index in [0.29, 0.717) is 12.1 Å². The van der Waals surface area contributed by atoms with Crippen molar-refractivity contribution in [2.45, 2.75) is 6.04 Å². The number of rotatable bonds is 3. The number of halogens is 1. The maximum absolute atomic E-state index is 11.9. The van der Waals surface area contributed by atoms with Crippen LogP contribution in [0.2, 0.25) is 0 Å². The van der Waals surface area contributed by atoms with Crippen molar-refractivity contribution in [2.24, 2.45) is 0 Å². The van der Waals surface area contributed by atoms with Gasteiger partial charge in [-0.15, -0.1) is 0 Å². The number of amides is 4. The van der Waals surface area contributed by atoms with Gasteiger partial charge < -0.3 is 10.6 Å². The van der Waals surface area contributed by atoms with E-state index < -0.39 is 23.3 Å². The molecule has 7 heteroatoms. The number of nitrogens with zero attached hydrogens (tertiary/aromatic N) is 1. The van der Waals surface area contributed by atoms with Gasteiger partial charge in [0.2, 0.25) is 5.24 Å². The zero-order valence-electron chi connectivity index (χ0n) is 9.93. The minimum Gasteiger partial charge on any atom is -0.336 e. The van der Waals surface area contributed by atoms with E-state index in [1.54, 1.807) is 30.3 Å². The second kappa shape index (κ2) is 5.71. The van der Waals surface area contributed by atoms with Crippen LogP contribution in [0.5, 0.6) is 0 Å². The van der Waals surface area contributed by atoms with Crippen molar-refractivity contribution < 1.29 is 14.4 Å². The third-order valence-electron chi connectivity index (χ3n) is 2.73. The topological polar surface area (TPSA) is 78.5 Å². The zero-order valence-corrected chi connectivity index (χ0v) is 10.7. The smallest absolute Gasteiger partial charge is 0.326 e. The molecular formula is C12H12ClN3O3. The molecule has 0 saturated carbocycles. The highest BCUT2D eigenvalue weighted by molar-refractivity contribution is 6.64. The Morgan fingerprint density at radius 1 is 1.32 bits per heavy atom. The van der Waals surface area contributed by atoms with Crippen molar-refractivity contribution in [1.29, 1.82) is 0 Å². The zero-order chi connectivity index (χ0) is 13.8. The Labute approximate surface area is 114 Å². The molecule has 19 heavy (non-hydrogen) atoms. The lowest BCUT2D eigenvalue weighted by molar-refractivity contribution is -0.113. The van der Waals surface area contributed by atoms with Crippen LogP contribution in [-0.4, -0.2) is 35.3 Å². The van der Waals surface area contributed by atoms with Crippen molar-refractivity contribution in [1.82, 2.24) is 15.5 Å². The van der Waals surface area contributed by atoms with E-state index in [1.807, 2.05) is 0 Å². The minimum absolute atomic E-state index is 0.267. The Bertz CT molecular complexity index is 506. The van der Waals surface area contributed by atoms with E-state index in [1.165, 1.54) is 0 Å². The largest absolute Gasteiger partial charge is 0.336 e. The quantitative estimate of drug-likeness (QED) is 0.818. The Hall–Kier alpha value is -2.08. The lowest BCUT2D eigenvalue weighted by atomic mass is 10.1. The molecule has 1 fully saturated rings. The molecule has 1 saturated heterocycles. The predicted octanol–water partition coefficient (Wildman–Crippen LogP) is 1.23. The van der Waals surface area contributed by atoms with Gasteiger partial charge in [-0.05, 0) is 17.2 Å². The van der Waals surface area contributed by atoms with Crippen LogP contribution in [0.15, 0.2) is 30.3 Å². The van der Waals surface area contributed by atoms with Crippen molar-refractivity contribution in [3.63, 3.8) is 0 Å². The Balaban J connectivity index is 2.12. The predicted molar refractivity (Wildman–Crippen MR) is 68.7 cm³/mol. The standard InChI is InChI=1S/C12H12ClN3O3/c13-10(17)9(8-4-2-1-3-5-8)15-12(19)16-7-6-14-11(16)18/h1-5,9H,6-7H2,(H,14,18)(H,15,19). The SMILES string of the molecule is O=C(Cl)C(NC(=O)N1CCNC1=O)c1ccccc1. The van der Waals surface area contributed by atoms with E-state index in [9.17, 15) is 14.4 Å². The van der Waals surface area contributed by atoms with Crippen LogP contribution < -0.4 is 10.6 Å². The van der Waals surface area contributed by atoms with Crippen molar-refractivity contribution in [2.75, 3.05) is 13.1 Å². The first-order valence-electron chi connectivity index (χ1n) is 5.70. The van der Waals surface area contributed by atoms with Crippen LogP contribution in [0.1, 0.15) is 11.6 Å². The van der Waals surface area contributed by atoms with Crippen LogP contribution in [0.3, 0.4) is 0 Å². The Morgan fingerprint density at radius 2 is 2.00 bits per heavy atom. The maximum atomic E-state index is 11.9. The number of urea groups is 2. The molecule has 100 valence electrons. The molecule has 4 amide bonds. The molecule has 1 atom stereocenters. The third kappa shape index (κ3) is 3.03. The summed E-state index contributed by atoms with van der Waals surface area (Å²) >= 11 is 5.49. The minimum atomic E-state index is -0.969. The van der Waals surface area contributed by atoms with Crippen LogP contribution in [0, 0.1) is 0 Å². The average Bonchev–Trinajstić information content (AvgIpc) is 2.82. The van der Waals surface area contributed by atoms with Gasteiger partial charge in [0.05, 0.1) is 0 Å². The first-order chi connectivity index (χ1) is 9.09. The van der Waals surface area contributed by atoms with E-state index in [4.69, 9.17) is 11.6 Å². The van der Waals surface area contributed by atoms with Crippen molar-refractivity contribution in [3.05, 3.63) is 35.9 Å². The Kier molecular flexibility index (Phi) is 4.01. The lowest BCUT2D eigenvalue weighted by Crippen LogP contribution is -2.44. The fourth-order valence-electron chi connectivity index (χ4n) is 1.78. The van der Waals surface area contributed by atoms with Gasteiger partial charge in [0.15, 0.2) is 0 Å². The average molecular weight is 282 g/mol. The Morgan fingerprint density at radius 3 is 2.53 bits per heavy atom. The molecule has 0 bridgehead atoms. The molecule has 1 aromatic carbocycles. The number of hydrogen-bond acceptors (Lipinski definition) is 3. The van der Waals surface area contributed by atoms with Gasteiger partial charge in [-0.25, -0.2) is 14.5 Å². The summed E-state index contributed by atoms with van der Waals surface area (Å²) in [6.45, 7) is 0.666. The molecule has 1 aliphatic rings. The normalized spacial score (nSPS) is 15.8. The summed E-state index contributed by atoms with van der Waals surface area (Å²) in [4.78, 5) is 35.6. The summed E-state index contributed by atoms with van der Waals surface area (Å²) in [5, 5.41) is 4.24. The van der Waals surface area contributed by atoms with Crippen molar-refractivity contribution >= 4 is 28.9 Å². The van der Waals surface area contributed by atoms with E-state index in [-0.39, 0.29) is 6.54 Å². The summed E-state index contributed by atoms with van der Waals surface area (Å²) in [7, 11) is 0. The molecule has 0 radical (unpaired) electrons. The number of nitrogens with one attached hydrogen (secondary N) is 2. The van der Waals surface area contributed by atoms with Gasteiger partial charge in [0.25, 0.3) is 0 Å². The first-order valence-corrected chi connectivity index (χ1v) is 6.07. The fraction of sp³-hybridized carbons (Fsp3) is 0.250. The van der Waals surface area contributed by atoms with Crippen LogP contribution >= 0.6 is 11.6 Å². The second-order valence-corrected chi connectivity index (χ2v) is 4.35. The van der Waals surface area contributed by atoms with Crippen LogP contribution in [-0.2, 0) is 4.79 Å². The highest BCUT2D eigenvalue weighted by Gasteiger charge is 2.29. The fourth-order valence-corrected chi connectivity index (χ4v) is 1.96. The van der Waals surface area contributed by atoms with Crippen molar-refractivity contribution in [3.8, 4) is 0 Å². The summed E-state index contributed by atoms with van der Waals surface area (Å²) in [6.07, 6.45) is 0. The van der Waals surface area contributed by atoms with Crippen LogP contribution in [0.4, 0.5) is 9.59 Å². The molecule has 2 rings (SSSR count). The maximum Gasteiger partial charge on any atom is 0.326 e. The highest BCUT2D eigenvalue weighted by atomic mass is 35.5. The summed E-state index contributed by atoms with van der Waals surface area (Å²) in [5.74, 6) is 0. The molecular weight excluding hydrogens is 270 g/mol. The molecule has 1 unspecified atom stereocenters. The first kappa shape index (κ1) is 13.4. The summed E-state index contributed by atoms with van der Waals surface area (Å²) in [6, 6.07) is 6.51. The molecule has 0 aromatic heterocycles. The molecule has 1 aromatic rings. The number of carbonyl (C=O) groups is 3. The number of imide groups is 1. The van der Waals surface area contributed by atoms with Gasteiger partial charge in [-0.2, -0.15) is 0 Å². The van der Waals surface area contributed by atoms with E-state index in [0.717, 1.165) is 4.90 Å². The van der Waals surface area contributed by atoms with E-state index >= 15 is 0 Å². The van der Waals surface area contributed by atoms with Gasteiger partial charge in [-0.1, -0.05) is 30.3 Å². The molecule has 6 nitrogen and oxygen atoms in total. The van der Waals surface area contributed by atoms with Gasteiger partial charge in [-0.3, -0.25) is 4.79 Å². The lowest BCUT2D eigenvalue weighted by Gasteiger charge is -2.19. The van der Waals surface area contributed by atoms with Gasteiger partial charge in [0.1, 0.15) is 6.04 Å². The number of hydrogen-bond donors (Lipinski definition) is 2. The molecule has 1 heterocycles. The summed E-state index contributed by atoms with van der Waals surface area (Å²) in [5.41, 5.74) is 0.565. The van der Waals surface area contributed by atoms with Gasteiger partial charge in [0, 0.05) is 13.1 Å². The number of benzene rings is 1. The van der Waals surface area contributed by atoms with Gasteiger partial charge >= 0.3 is 12.1 Å².